The van der Waals surface area contributed by atoms with Crippen LogP contribution in [0.4, 0.5) is 0 Å². The van der Waals surface area contributed by atoms with E-state index in [0.717, 1.165) is 30.8 Å². The number of rotatable bonds is 3. The SMILES string of the molecule is Cc1ccc(S(=O)(=O)N2CCC(N3CCc4ccccc4C3)C2)s1. The van der Waals surface area contributed by atoms with Crippen LogP contribution in [0.3, 0.4) is 0 Å². The predicted octanol–water partition coefficient (Wildman–Crippen LogP) is 2.88. The summed E-state index contributed by atoms with van der Waals surface area (Å²) in [7, 11) is -3.32. The Balaban J connectivity index is 1.47. The minimum atomic E-state index is -3.32. The van der Waals surface area contributed by atoms with Gasteiger partial charge in [-0.15, -0.1) is 11.3 Å². The van der Waals surface area contributed by atoms with Crippen molar-refractivity contribution in [1.29, 1.82) is 0 Å². The smallest absolute Gasteiger partial charge is 0.252 e. The molecule has 6 heteroatoms. The average molecular weight is 363 g/mol. The highest BCUT2D eigenvalue weighted by Crippen LogP contribution is 2.30. The highest BCUT2D eigenvalue weighted by Gasteiger charge is 2.36. The summed E-state index contributed by atoms with van der Waals surface area (Å²) in [4.78, 5) is 3.49. The summed E-state index contributed by atoms with van der Waals surface area (Å²) in [6.45, 7) is 5.14. The van der Waals surface area contributed by atoms with Gasteiger partial charge in [0.05, 0.1) is 0 Å². The van der Waals surface area contributed by atoms with Gasteiger partial charge in [0, 0.05) is 37.1 Å². The lowest BCUT2D eigenvalue weighted by Gasteiger charge is -2.33. The van der Waals surface area contributed by atoms with Crippen LogP contribution in [0, 0.1) is 6.92 Å². The van der Waals surface area contributed by atoms with E-state index < -0.39 is 10.0 Å². The fourth-order valence-corrected chi connectivity index (χ4v) is 6.66. The van der Waals surface area contributed by atoms with Crippen molar-refractivity contribution in [2.75, 3.05) is 19.6 Å². The van der Waals surface area contributed by atoms with E-state index >= 15 is 0 Å². The number of nitrogens with zero attached hydrogens (tertiary/aromatic N) is 2. The molecule has 2 aromatic rings. The lowest BCUT2D eigenvalue weighted by Crippen LogP contribution is -2.41. The molecule has 2 aliphatic heterocycles. The number of aryl methyl sites for hydroxylation is 1. The summed E-state index contributed by atoms with van der Waals surface area (Å²) < 4.78 is 27.7. The van der Waals surface area contributed by atoms with Crippen LogP contribution in [0.2, 0.25) is 0 Å². The first-order chi connectivity index (χ1) is 11.5. The highest BCUT2D eigenvalue weighted by atomic mass is 32.2. The molecular formula is C18H22N2O2S2. The molecular weight excluding hydrogens is 340 g/mol. The largest absolute Gasteiger partial charge is 0.294 e. The third-order valence-corrected chi connectivity index (χ3v) is 8.45. The molecule has 3 heterocycles. The van der Waals surface area contributed by atoms with Crippen molar-refractivity contribution in [1.82, 2.24) is 9.21 Å². The van der Waals surface area contributed by atoms with E-state index in [-0.39, 0.29) is 0 Å². The van der Waals surface area contributed by atoms with Crippen LogP contribution in [0.5, 0.6) is 0 Å². The van der Waals surface area contributed by atoms with Crippen LogP contribution in [-0.2, 0) is 23.0 Å². The van der Waals surface area contributed by atoms with E-state index in [1.807, 2.05) is 13.0 Å². The molecule has 0 bridgehead atoms. The van der Waals surface area contributed by atoms with Crippen LogP contribution in [0.1, 0.15) is 22.4 Å². The van der Waals surface area contributed by atoms with Crippen LogP contribution >= 0.6 is 11.3 Å². The van der Waals surface area contributed by atoms with Gasteiger partial charge in [0.25, 0.3) is 10.0 Å². The Morgan fingerprint density at radius 3 is 2.62 bits per heavy atom. The molecule has 1 fully saturated rings. The summed E-state index contributed by atoms with van der Waals surface area (Å²) in [5.41, 5.74) is 2.82. The number of thiophene rings is 1. The van der Waals surface area contributed by atoms with Crippen LogP contribution in [0.15, 0.2) is 40.6 Å². The van der Waals surface area contributed by atoms with E-state index in [2.05, 4.69) is 29.2 Å². The highest BCUT2D eigenvalue weighted by molar-refractivity contribution is 7.91. The maximum absolute atomic E-state index is 12.8. The topological polar surface area (TPSA) is 40.6 Å². The van der Waals surface area contributed by atoms with Gasteiger partial charge in [0.1, 0.15) is 4.21 Å². The normalized spacial score (nSPS) is 22.6. The zero-order chi connectivity index (χ0) is 16.7. The zero-order valence-electron chi connectivity index (χ0n) is 13.8. The van der Waals surface area contributed by atoms with Crippen molar-refractivity contribution in [3.8, 4) is 0 Å². The summed E-state index contributed by atoms with van der Waals surface area (Å²) in [5, 5.41) is 0. The quantitative estimate of drug-likeness (QED) is 0.843. The molecule has 128 valence electrons. The summed E-state index contributed by atoms with van der Waals surface area (Å²) >= 11 is 1.37. The van der Waals surface area contributed by atoms with E-state index in [1.165, 1.54) is 22.5 Å². The molecule has 4 nitrogen and oxygen atoms in total. The van der Waals surface area contributed by atoms with Gasteiger partial charge in [0.15, 0.2) is 0 Å². The molecule has 0 amide bonds. The fraction of sp³-hybridized carbons (Fsp3) is 0.444. The molecule has 1 aromatic heterocycles. The van der Waals surface area contributed by atoms with Gasteiger partial charge in [0.2, 0.25) is 0 Å². The van der Waals surface area contributed by atoms with Crippen molar-refractivity contribution < 1.29 is 8.42 Å². The molecule has 0 N–H and O–H groups in total. The molecule has 2 aliphatic rings. The second-order valence-electron chi connectivity index (χ2n) is 6.66. The Labute approximate surface area is 147 Å². The zero-order valence-corrected chi connectivity index (χ0v) is 15.4. The maximum atomic E-state index is 12.8. The molecule has 0 radical (unpaired) electrons. The minimum Gasteiger partial charge on any atom is -0.294 e. The molecule has 1 saturated heterocycles. The molecule has 0 saturated carbocycles. The Bertz CT molecular complexity index is 844. The molecule has 4 rings (SSSR count). The first-order valence-corrected chi connectivity index (χ1v) is 10.7. The van der Waals surface area contributed by atoms with Gasteiger partial charge in [-0.25, -0.2) is 8.42 Å². The summed E-state index contributed by atoms with van der Waals surface area (Å²) in [6.07, 6.45) is 1.98. The minimum absolute atomic E-state index is 0.328. The van der Waals surface area contributed by atoms with Crippen molar-refractivity contribution >= 4 is 21.4 Å². The monoisotopic (exact) mass is 362 g/mol. The number of hydrogen-bond acceptors (Lipinski definition) is 4. The first-order valence-electron chi connectivity index (χ1n) is 8.41. The van der Waals surface area contributed by atoms with Gasteiger partial charge in [-0.05, 0) is 43.0 Å². The standard InChI is InChI=1S/C18H22N2O2S2/c1-14-6-7-18(23-14)24(21,22)20-11-9-17(13-20)19-10-8-15-4-2-3-5-16(15)12-19/h2-7,17H,8-13H2,1H3. The van der Waals surface area contributed by atoms with Crippen molar-refractivity contribution in [2.24, 2.45) is 0 Å². The number of benzene rings is 1. The van der Waals surface area contributed by atoms with Crippen molar-refractivity contribution in [2.45, 2.75) is 36.6 Å². The van der Waals surface area contributed by atoms with Gasteiger partial charge >= 0.3 is 0 Å². The molecule has 1 atom stereocenters. The van der Waals surface area contributed by atoms with Crippen LogP contribution in [0.25, 0.3) is 0 Å². The van der Waals surface area contributed by atoms with Crippen molar-refractivity contribution in [3.05, 3.63) is 52.4 Å². The predicted molar refractivity (Wildman–Crippen MR) is 96.8 cm³/mol. The van der Waals surface area contributed by atoms with Gasteiger partial charge in [-0.2, -0.15) is 4.31 Å². The number of sulfonamides is 1. The molecule has 1 aromatic carbocycles. The second-order valence-corrected chi connectivity index (χ2v) is 10.1. The van der Waals surface area contributed by atoms with Crippen LogP contribution < -0.4 is 0 Å². The molecule has 0 spiro atoms. The molecule has 1 unspecified atom stereocenters. The summed E-state index contributed by atoms with van der Waals surface area (Å²) in [6, 6.07) is 12.5. The van der Waals surface area contributed by atoms with Crippen LogP contribution in [-0.4, -0.2) is 43.3 Å². The van der Waals surface area contributed by atoms with E-state index in [4.69, 9.17) is 0 Å². The maximum Gasteiger partial charge on any atom is 0.252 e. The Kier molecular flexibility index (Phi) is 4.24. The van der Waals surface area contributed by atoms with E-state index in [1.54, 1.807) is 10.4 Å². The van der Waals surface area contributed by atoms with Gasteiger partial charge in [-0.3, -0.25) is 4.90 Å². The Morgan fingerprint density at radius 2 is 1.88 bits per heavy atom. The Hall–Kier alpha value is -1.21. The van der Waals surface area contributed by atoms with Gasteiger partial charge in [-0.1, -0.05) is 24.3 Å². The third kappa shape index (κ3) is 2.92. The number of hydrogen-bond donors (Lipinski definition) is 0. The molecule has 0 aliphatic carbocycles. The van der Waals surface area contributed by atoms with E-state index in [9.17, 15) is 8.42 Å². The first kappa shape index (κ1) is 16.3. The van der Waals surface area contributed by atoms with E-state index in [0.29, 0.717) is 23.3 Å². The lowest BCUT2D eigenvalue weighted by atomic mass is 9.98. The molecule has 24 heavy (non-hydrogen) atoms. The number of fused-ring (bicyclic) bond motifs is 1. The van der Waals surface area contributed by atoms with Gasteiger partial charge < -0.3 is 0 Å². The second kappa shape index (κ2) is 6.26. The Morgan fingerprint density at radius 1 is 1.08 bits per heavy atom. The third-order valence-electron chi connectivity index (χ3n) is 5.11. The van der Waals surface area contributed by atoms with Crippen molar-refractivity contribution in [3.63, 3.8) is 0 Å². The fourth-order valence-electron chi connectivity index (χ4n) is 3.73. The summed E-state index contributed by atoms with van der Waals surface area (Å²) in [5.74, 6) is 0. The lowest BCUT2D eigenvalue weighted by molar-refractivity contribution is 0.185. The average Bonchev–Trinajstić information content (AvgIpc) is 3.24.